The smallest absolute Gasteiger partial charge is 0.328 e. The number of aromatic nitrogens is 4. The van der Waals surface area contributed by atoms with Gasteiger partial charge in [-0.15, -0.1) is 0 Å². The summed E-state index contributed by atoms with van der Waals surface area (Å²) in [5, 5.41) is 2.99. The number of nitrogens with zero attached hydrogens (tertiary/aromatic N) is 6. The molecule has 2 aliphatic rings. The van der Waals surface area contributed by atoms with Crippen LogP contribution in [0.5, 0.6) is 0 Å². The molecule has 3 aromatic carbocycles. The second kappa shape index (κ2) is 17.4. The van der Waals surface area contributed by atoms with Crippen LogP contribution in [-0.4, -0.2) is 101 Å². The Balaban J connectivity index is 0.845. The monoisotopic (exact) mass is 873 g/mol. The molecular formula is C42H39F4N9O6S. The Morgan fingerprint density at radius 1 is 0.839 bits per heavy atom. The predicted molar refractivity (Wildman–Crippen MR) is 224 cm³/mol. The molecule has 1 atom stereocenters. The molecule has 0 saturated carbocycles. The van der Waals surface area contributed by atoms with Crippen LogP contribution < -0.4 is 26.2 Å². The van der Waals surface area contributed by atoms with Crippen LogP contribution in [0.4, 0.5) is 34.6 Å². The first-order valence-corrected chi connectivity index (χ1v) is 21.0. The summed E-state index contributed by atoms with van der Waals surface area (Å²) < 4.78 is 89.4. The van der Waals surface area contributed by atoms with Gasteiger partial charge in [-0.3, -0.25) is 38.1 Å². The summed E-state index contributed by atoms with van der Waals surface area (Å²) in [6.45, 7) is 2.75. The van der Waals surface area contributed by atoms with Gasteiger partial charge in [0, 0.05) is 87.1 Å². The number of aromatic amines is 1. The van der Waals surface area contributed by atoms with Gasteiger partial charge in [0.25, 0.3) is 11.5 Å². The van der Waals surface area contributed by atoms with Crippen molar-refractivity contribution in [3.8, 4) is 11.1 Å². The molecule has 322 valence electrons. The molecule has 0 bridgehead atoms. The standard InChI is InChI=1S/C42H39F4N9O6S/c43-30-11-15-54(24-30)62(60,61)50-35-8-6-32(44)38(39(35)46)41(58)55-16-10-28-21-29(23-47-40(28)55)27-3-1-26(2-4-27)9-13-51-17-19-52(20-18-51)31-5-7-34(33(45)22-31)48-37(57)25-53-14-12-36(56)49-42(53)59/h1-8,10,12,14,16,21-23,30,50H,9,11,13,15,17-20,24-25H2,(H,48,57)(H,49,56,59)/t30-/m1/s1. The molecule has 1 amide bonds. The summed E-state index contributed by atoms with van der Waals surface area (Å²) in [7, 11) is -4.36. The van der Waals surface area contributed by atoms with Crippen LogP contribution in [0.3, 0.4) is 0 Å². The fourth-order valence-electron chi connectivity index (χ4n) is 7.50. The fraction of sp³-hybridized carbons (Fsp3) is 0.262. The van der Waals surface area contributed by atoms with E-state index >= 15 is 8.78 Å². The maximum Gasteiger partial charge on any atom is 0.328 e. The molecule has 2 aliphatic heterocycles. The fourth-order valence-corrected chi connectivity index (χ4v) is 8.77. The van der Waals surface area contributed by atoms with Gasteiger partial charge < -0.3 is 10.2 Å². The highest BCUT2D eigenvalue weighted by molar-refractivity contribution is 7.90. The van der Waals surface area contributed by atoms with Crippen molar-refractivity contribution < 1.29 is 35.6 Å². The summed E-state index contributed by atoms with van der Waals surface area (Å²) in [5.41, 5.74) is 0.525. The molecule has 15 nitrogen and oxygen atoms in total. The minimum Gasteiger partial charge on any atom is -0.369 e. The van der Waals surface area contributed by atoms with E-state index in [0.717, 1.165) is 74.4 Å². The lowest BCUT2D eigenvalue weighted by atomic mass is 10.0. The lowest BCUT2D eigenvalue weighted by Crippen LogP contribution is -2.47. The number of carbonyl (C=O) groups excluding carboxylic acids is 2. The number of benzene rings is 3. The lowest BCUT2D eigenvalue weighted by molar-refractivity contribution is -0.116. The Labute approximate surface area is 351 Å². The van der Waals surface area contributed by atoms with Crippen LogP contribution >= 0.6 is 0 Å². The van der Waals surface area contributed by atoms with Crippen molar-refractivity contribution in [2.45, 2.75) is 25.6 Å². The first kappa shape index (κ1) is 42.1. The number of nitrogens with one attached hydrogen (secondary N) is 3. The molecule has 0 aliphatic carbocycles. The Morgan fingerprint density at radius 2 is 1.60 bits per heavy atom. The van der Waals surface area contributed by atoms with E-state index in [4.69, 9.17) is 0 Å². The number of pyridine rings is 1. The Kier molecular flexibility index (Phi) is 11.8. The number of piperazine rings is 1. The van der Waals surface area contributed by atoms with Crippen LogP contribution in [0.25, 0.3) is 22.2 Å². The van der Waals surface area contributed by atoms with Crippen molar-refractivity contribution in [3.63, 3.8) is 0 Å². The van der Waals surface area contributed by atoms with Gasteiger partial charge in [0.1, 0.15) is 35.6 Å². The lowest BCUT2D eigenvalue weighted by Gasteiger charge is -2.36. The summed E-state index contributed by atoms with van der Waals surface area (Å²) in [6, 6.07) is 18.6. The number of alkyl halides is 1. The first-order valence-electron chi connectivity index (χ1n) is 19.6. The zero-order chi connectivity index (χ0) is 43.7. The highest BCUT2D eigenvalue weighted by atomic mass is 32.2. The molecule has 0 radical (unpaired) electrons. The average molecular weight is 874 g/mol. The zero-order valence-electron chi connectivity index (χ0n) is 32.9. The van der Waals surface area contributed by atoms with Crippen LogP contribution in [0.15, 0.2) is 101 Å². The molecule has 62 heavy (non-hydrogen) atoms. The highest BCUT2D eigenvalue weighted by Crippen LogP contribution is 2.29. The van der Waals surface area contributed by atoms with E-state index in [-0.39, 0.29) is 24.3 Å². The topological polar surface area (TPSA) is 175 Å². The van der Waals surface area contributed by atoms with Crippen LogP contribution in [0, 0.1) is 17.5 Å². The van der Waals surface area contributed by atoms with Crippen molar-refractivity contribution in [3.05, 3.63) is 141 Å². The van der Waals surface area contributed by atoms with E-state index in [1.807, 2.05) is 29.0 Å². The Morgan fingerprint density at radius 3 is 2.31 bits per heavy atom. The van der Waals surface area contributed by atoms with Gasteiger partial charge in [-0.05, 0) is 66.4 Å². The maximum atomic E-state index is 15.6. The van der Waals surface area contributed by atoms with Crippen molar-refractivity contribution in [1.29, 1.82) is 0 Å². The van der Waals surface area contributed by atoms with E-state index < -0.39 is 81.2 Å². The third-order valence-corrected chi connectivity index (χ3v) is 12.4. The number of hydrogen-bond donors (Lipinski definition) is 3. The number of amides is 1. The van der Waals surface area contributed by atoms with Crippen LogP contribution in [0.2, 0.25) is 0 Å². The molecule has 6 aromatic rings. The molecular weight excluding hydrogens is 835 g/mol. The van der Waals surface area contributed by atoms with E-state index in [2.05, 4.69) is 25.1 Å². The molecule has 5 heterocycles. The van der Waals surface area contributed by atoms with Gasteiger partial charge in [-0.25, -0.2) is 27.3 Å². The van der Waals surface area contributed by atoms with Gasteiger partial charge >= 0.3 is 15.9 Å². The number of carbonyl (C=O) groups is 2. The van der Waals surface area contributed by atoms with Crippen molar-refractivity contribution in [2.24, 2.45) is 0 Å². The second-order valence-electron chi connectivity index (χ2n) is 15.0. The molecule has 20 heteroatoms. The van der Waals surface area contributed by atoms with Crippen molar-refractivity contribution in [1.82, 2.24) is 28.3 Å². The number of H-pyrrole nitrogens is 1. The van der Waals surface area contributed by atoms with E-state index in [1.54, 1.807) is 24.4 Å². The number of anilines is 3. The zero-order valence-corrected chi connectivity index (χ0v) is 33.7. The first-order chi connectivity index (χ1) is 29.7. The summed E-state index contributed by atoms with van der Waals surface area (Å²) in [4.78, 5) is 59.9. The number of fused-ring (bicyclic) bond motifs is 1. The number of halogens is 4. The molecule has 8 rings (SSSR count). The van der Waals surface area contributed by atoms with Crippen molar-refractivity contribution >= 4 is 50.1 Å². The minimum atomic E-state index is -4.36. The minimum absolute atomic E-state index is 0.00673. The van der Waals surface area contributed by atoms with Gasteiger partial charge in [0.05, 0.1) is 11.4 Å². The van der Waals surface area contributed by atoms with E-state index in [0.29, 0.717) is 24.2 Å². The largest absolute Gasteiger partial charge is 0.369 e. The SMILES string of the molecule is O=C(Cn1ccc(=O)[nH]c1=O)Nc1ccc(N2CCN(CCc3ccc(-c4cnc5c(ccn5C(=O)c5c(F)ccc(NS(=O)(=O)N6CC[C@@H](F)C6)c5F)c4)cc3)CC2)cc1F. The molecule has 3 aromatic heterocycles. The molecule has 0 spiro atoms. The van der Waals surface area contributed by atoms with Gasteiger partial charge in [-0.2, -0.15) is 12.7 Å². The number of rotatable bonds is 12. The third kappa shape index (κ3) is 9.02. The van der Waals surface area contributed by atoms with Crippen LogP contribution in [0.1, 0.15) is 22.3 Å². The molecule has 2 fully saturated rings. The Bertz CT molecular complexity index is 2920. The Hall–Kier alpha value is -6.64. The third-order valence-electron chi connectivity index (χ3n) is 10.9. The maximum absolute atomic E-state index is 15.6. The summed E-state index contributed by atoms with van der Waals surface area (Å²) in [6.07, 6.45) is 3.48. The van der Waals surface area contributed by atoms with Crippen LogP contribution in [-0.2, 0) is 28.0 Å². The highest BCUT2D eigenvalue weighted by Gasteiger charge is 2.33. The average Bonchev–Trinajstić information content (AvgIpc) is 3.90. The summed E-state index contributed by atoms with van der Waals surface area (Å²) >= 11 is 0. The molecule has 3 N–H and O–H groups in total. The second-order valence-corrected chi connectivity index (χ2v) is 16.7. The van der Waals surface area contributed by atoms with E-state index in [1.165, 1.54) is 24.5 Å². The predicted octanol–water partition coefficient (Wildman–Crippen LogP) is 4.36. The number of hydrogen-bond acceptors (Lipinski definition) is 9. The van der Waals surface area contributed by atoms with E-state index in [9.17, 15) is 36.4 Å². The van der Waals surface area contributed by atoms with Gasteiger partial charge in [-0.1, -0.05) is 24.3 Å². The van der Waals surface area contributed by atoms with Gasteiger partial charge in [0.2, 0.25) is 5.91 Å². The van der Waals surface area contributed by atoms with Crippen molar-refractivity contribution in [2.75, 3.05) is 60.8 Å². The molecule has 0 unspecified atom stereocenters. The molecule has 2 saturated heterocycles. The summed E-state index contributed by atoms with van der Waals surface area (Å²) in [5.74, 6) is -4.95. The normalized spacial score (nSPS) is 16.2. The van der Waals surface area contributed by atoms with Gasteiger partial charge in [0.15, 0.2) is 5.82 Å². The quantitative estimate of drug-likeness (QED) is 0.151.